The van der Waals surface area contributed by atoms with E-state index < -0.39 is 17.7 Å². The molecule has 3 rings (SSSR count). The Morgan fingerprint density at radius 2 is 2.09 bits per heavy atom. The van der Waals surface area contributed by atoms with Gasteiger partial charge in [-0.15, -0.1) is 0 Å². The largest absolute Gasteiger partial charge is 0.472 e. The topological polar surface area (TPSA) is 56.7 Å². The molecule has 0 aliphatic carbocycles. The molecule has 0 aliphatic rings. The van der Waals surface area contributed by atoms with Crippen molar-refractivity contribution >= 4 is 11.6 Å². The average molecular weight is 310 g/mol. The highest BCUT2D eigenvalue weighted by Crippen LogP contribution is 2.35. The van der Waals surface area contributed by atoms with Crippen molar-refractivity contribution in [1.29, 1.82) is 0 Å². The van der Waals surface area contributed by atoms with Gasteiger partial charge in [0.25, 0.3) is 0 Å². The van der Waals surface area contributed by atoms with Crippen LogP contribution in [-0.4, -0.2) is 22.5 Å². The van der Waals surface area contributed by atoms with Crippen molar-refractivity contribution in [3.63, 3.8) is 0 Å². The van der Waals surface area contributed by atoms with Crippen molar-refractivity contribution in [2.24, 2.45) is 0 Å². The lowest BCUT2D eigenvalue weighted by Gasteiger charge is -2.10. The predicted molar refractivity (Wildman–Crippen MR) is 69.2 cm³/mol. The molecule has 0 bridgehead atoms. The number of fused-ring (bicyclic) bond motifs is 1. The molecule has 0 fully saturated rings. The zero-order valence-corrected chi connectivity index (χ0v) is 11.2. The minimum absolute atomic E-state index is 0.197. The Morgan fingerprint density at radius 3 is 2.68 bits per heavy atom. The summed E-state index contributed by atoms with van der Waals surface area (Å²) in [4.78, 5) is 15.2. The second kappa shape index (κ2) is 4.90. The highest BCUT2D eigenvalue weighted by molar-refractivity contribution is 5.88. The molecule has 0 radical (unpaired) electrons. The Morgan fingerprint density at radius 1 is 1.32 bits per heavy atom. The van der Waals surface area contributed by atoms with Gasteiger partial charge < -0.3 is 13.6 Å². The van der Waals surface area contributed by atoms with Gasteiger partial charge >= 0.3 is 12.1 Å². The summed E-state index contributed by atoms with van der Waals surface area (Å²) in [7, 11) is 1.13. The summed E-state index contributed by atoms with van der Waals surface area (Å²) in [6.07, 6.45) is 0.717. The number of aromatic nitrogens is 2. The Bertz CT molecular complexity index is 835. The number of hydrogen-bond acceptors (Lipinski definition) is 4. The Hall–Kier alpha value is -2.77. The van der Waals surface area contributed by atoms with E-state index in [9.17, 15) is 18.0 Å². The molecule has 0 aromatic carbocycles. The number of pyridine rings is 1. The maximum atomic E-state index is 13.2. The third-order valence-corrected chi connectivity index (χ3v) is 3.11. The standard InChI is InChI=1S/C14H9F3N2O3/c1-21-13(20)11-6-19-5-9(8-2-3-22-7-8)4-10(12(19)18-11)14(15,16)17/h2-7H,1H3. The maximum absolute atomic E-state index is 13.2. The number of imidazole rings is 1. The van der Waals surface area contributed by atoms with E-state index in [0.29, 0.717) is 11.1 Å². The first-order chi connectivity index (χ1) is 10.4. The molecule has 22 heavy (non-hydrogen) atoms. The fourth-order valence-electron chi connectivity index (χ4n) is 2.10. The van der Waals surface area contributed by atoms with Gasteiger partial charge in [0.1, 0.15) is 5.65 Å². The zero-order chi connectivity index (χ0) is 15.9. The number of hydrogen-bond donors (Lipinski definition) is 0. The van der Waals surface area contributed by atoms with Crippen LogP contribution in [0, 0.1) is 0 Å². The van der Waals surface area contributed by atoms with E-state index in [2.05, 4.69) is 9.72 Å². The summed E-state index contributed by atoms with van der Waals surface area (Å²) in [5.74, 6) is -0.804. The molecular weight excluding hydrogens is 301 g/mol. The van der Waals surface area contributed by atoms with Crippen molar-refractivity contribution < 1.29 is 27.1 Å². The normalized spacial score (nSPS) is 11.8. The Kier molecular flexibility index (Phi) is 3.16. The Labute approximate surface area is 121 Å². The third-order valence-electron chi connectivity index (χ3n) is 3.11. The molecule has 3 heterocycles. The average Bonchev–Trinajstić information content (AvgIpc) is 3.12. The van der Waals surface area contributed by atoms with Crippen molar-refractivity contribution in [2.75, 3.05) is 7.11 Å². The van der Waals surface area contributed by atoms with Crippen molar-refractivity contribution in [1.82, 2.24) is 9.38 Å². The van der Waals surface area contributed by atoms with E-state index in [1.54, 1.807) is 6.07 Å². The number of furan rings is 1. The molecule has 0 atom stereocenters. The molecule has 8 heteroatoms. The van der Waals surface area contributed by atoms with Gasteiger partial charge in [-0.3, -0.25) is 0 Å². The van der Waals surface area contributed by atoms with Crippen molar-refractivity contribution in [3.05, 3.63) is 48.3 Å². The number of methoxy groups -OCH3 is 1. The first-order valence-corrected chi connectivity index (χ1v) is 6.11. The van der Waals surface area contributed by atoms with E-state index in [1.807, 2.05) is 0 Å². The fraction of sp³-hybridized carbons (Fsp3) is 0.143. The van der Waals surface area contributed by atoms with Crippen LogP contribution in [-0.2, 0) is 10.9 Å². The molecule has 114 valence electrons. The van der Waals surface area contributed by atoms with E-state index in [0.717, 1.165) is 17.6 Å². The van der Waals surface area contributed by atoms with Gasteiger partial charge in [0.2, 0.25) is 0 Å². The highest BCUT2D eigenvalue weighted by Gasteiger charge is 2.35. The molecule has 0 unspecified atom stereocenters. The summed E-state index contributed by atoms with van der Waals surface area (Å²) in [5.41, 5.74) is -0.720. The molecule has 0 aliphatic heterocycles. The quantitative estimate of drug-likeness (QED) is 0.681. The maximum Gasteiger partial charge on any atom is 0.420 e. The first kappa shape index (κ1) is 14.2. The SMILES string of the molecule is COC(=O)c1cn2cc(-c3ccoc3)cc(C(F)(F)F)c2n1. The molecule has 5 nitrogen and oxygen atoms in total. The number of esters is 1. The minimum Gasteiger partial charge on any atom is -0.472 e. The number of carbonyl (C=O) groups is 1. The van der Waals surface area contributed by atoms with E-state index in [4.69, 9.17) is 4.42 Å². The number of ether oxygens (including phenoxy) is 1. The highest BCUT2D eigenvalue weighted by atomic mass is 19.4. The lowest BCUT2D eigenvalue weighted by molar-refractivity contribution is -0.136. The van der Waals surface area contributed by atoms with E-state index in [-0.39, 0.29) is 11.3 Å². The molecule has 3 aromatic rings. The van der Waals surface area contributed by atoms with Gasteiger partial charge in [-0.1, -0.05) is 0 Å². The van der Waals surface area contributed by atoms with Crippen LogP contribution in [0.5, 0.6) is 0 Å². The summed E-state index contributed by atoms with van der Waals surface area (Å²) in [5, 5.41) is 0. The van der Waals surface area contributed by atoms with Crippen LogP contribution < -0.4 is 0 Å². The monoisotopic (exact) mass is 310 g/mol. The summed E-state index contributed by atoms with van der Waals surface area (Å²) < 4.78 is 50.2. The number of alkyl halides is 3. The molecule has 0 saturated heterocycles. The lowest BCUT2D eigenvalue weighted by Crippen LogP contribution is -2.08. The predicted octanol–water partition coefficient (Wildman–Crippen LogP) is 3.40. The van der Waals surface area contributed by atoms with Crippen LogP contribution in [0.4, 0.5) is 13.2 Å². The number of nitrogens with zero attached hydrogens (tertiary/aromatic N) is 2. The van der Waals surface area contributed by atoms with Crippen LogP contribution in [0.3, 0.4) is 0 Å². The second-order valence-electron chi connectivity index (χ2n) is 4.50. The smallest absolute Gasteiger partial charge is 0.420 e. The Balaban J connectivity index is 2.28. The van der Waals surface area contributed by atoms with Gasteiger partial charge in [-0.2, -0.15) is 13.2 Å². The van der Waals surface area contributed by atoms with Crippen LogP contribution in [0.15, 0.2) is 41.5 Å². The van der Waals surface area contributed by atoms with Crippen LogP contribution in [0.1, 0.15) is 16.1 Å². The van der Waals surface area contributed by atoms with Gasteiger partial charge in [0, 0.05) is 23.5 Å². The second-order valence-corrected chi connectivity index (χ2v) is 4.50. The molecular formula is C14H9F3N2O3. The van der Waals surface area contributed by atoms with Gasteiger partial charge in [0.15, 0.2) is 5.69 Å². The zero-order valence-electron chi connectivity index (χ0n) is 11.2. The van der Waals surface area contributed by atoms with Gasteiger partial charge in [0.05, 0.1) is 25.2 Å². The van der Waals surface area contributed by atoms with E-state index in [1.165, 1.54) is 24.9 Å². The summed E-state index contributed by atoms with van der Waals surface area (Å²) in [6.45, 7) is 0. The number of halogens is 3. The minimum atomic E-state index is -4.61. The van der Waals surface area contributed by atoms with Gasteiger partial charge in [-0.05, 0) is 12.1 Å². The molecule has 0 amide bonds. The fourth-order valence-corrected chi connectivity index (χ4v) is 2.10. The van der Waals surface area contributed by atoms with Crippen molar-refractivity contribution in [3.8, 4) is 11.1 Å². The molecule has 0 spiro atoms. The van der Waals surface area contributed by atoms with Crippen LogP contribution in [0.25, 0.3) is 16.8 Å². The summed E-state index contributed by atoms with van der Waals surface area (Å²) in [6, 6.07) is 2.51. The molecule has 3 aromatic heterocycles. The molecule has 0 N–H and O–H groups in total. The van der Waals surface area contributed by atoms with Gasteiger partial charge in [-0.25, -0.2) is 9.78 Å². The summed E-state index contributed by atoms with van der Waals surface area (Å²) >= 11 is 0. The third kappa shape index (κ3) is 2.32. The number of rotatable bonds is 2. The molecule has 0 saturated carbocycles. The van der Waals surface area contributed by atoms with E-state index >= 15 is 0 Å². The first-order valence-electron chi connectivity index (χ1n) is 6.11. The van der Waals surface area contributed by atoms with Crippen molar-refractivity contribution in [2.45, 2.75) is 6.18 Å². The van der Waals surface area contributed by atoms with Crippen LogP contribution >= 0.6 is 0 Å². The van der Waals surface area contributed by atoms with Crippen LogP contribution in [0.2, 0.25) is 0 Å². The number of carbonyl (C=O) groups excluding carboxylic acids is 1. The lowest BCUT2D eigenvalue weighted by atomic mass is 10.1.